The number of rotatable bonds is 3. The van der Waals surface area contributed by atoms with Gasteiger partial charge < -0.3 is 15.2 Å². The number of hydrogen-bond donors (Lipinski definition) is 3. The van der Waals surface area contributed by atoms with Crippen LogP contribution in [0.15, 0.2) is 21.5 Å². The third kappa shape index (κ3) is 2.55. The van der Waals surface area contributed by atoms with Gasteiger partial charge in [-0.1, -0.05) is 6.07 Å². The van der Waals surface area contributed by atoms with E-state index in [-0.39, 0.29) is 17.4 Å². The molecule has 1 aromatic carbocycles. The van der Waals surface area contributed by atoms with Gasteiger partial charge in [0.05, 0.1) is 19.3 Å². The maximum atomic E-state index is 12.9. The smallest absolute Gasteiger partial charge is 0.354 e. The number of urea groups is 1. The molecule has 1 unspecified atom stereocenters. The van der Waals surface area contributed by atoms with Crippen molar-refractivity contribution in [3.8, 4) is 5.88 Å². The molecule has 0 radical (unpaired) electrons. The van der Waals surface area contributed by atoms with Gasteiger partial charge in [-0.2, -0.15) is 5.10 Å². The van der Waals surface area contributed by atoms with Gasteiger partial charge in [-0.15, -0.1) is 4.36 Å². The number of ether oxygens (including phenoxy) is 1. The third-order valence-corrected chi connectivity index (χ3v) is 6.75. The number of nitrogens with zero attached hydrogens (tertiary/aromatic N) is 3. The Hall–Kier alpha value is -2.43. The highest BCUT2D eigenvalue weighted by atomic mass is 32.2. The molecule has 0 saturated heterocycles. The number of aryl methyl sites for hydroxylation is 2. The number of nitrogens with one attached hydrogen (secondary N) is 1. The van der Waals surface area contributed by atoms with E-state index in [0.717, 1.165) is 42.5 Å². The first kappa shape index (κ1) is 16.7. The van der Waals surface area contributed by atoms with E-state index in [0.29, 0.717) is 6.54 Å². The van der Waals surface area contributed by atoms with Crippen LogP contribution in [0.25, 0.3) is 0 Å². The van der Waals surface area contributed by atoms with Crippen LogP contribution in [-0.2, 0) is 42.1 Å². The van der Waals surface area contributed by atoms with Crippen molar-refractivity contribution >= 4 is 21.6 Å². The summed E-state index contributed by atoms with van der Waals surface area (Å²) in [5.41, 5.74) is 5.60. The van der Waals surface area contributed by atoms with Crippen LogP contribution in [0.2, 0.25) is 0 Å². The van der Waals surface area contributed by atoms with E-state index >= 15 is 0 Å². The van der Waals surface area contributed by atoms with Gasteiger partial charge in [0.25, 0.3) is 0 Å². The Balaban J connectivity index is 1.44. The quantitative estimate of drug-likeness (QED) is 0.713. The first-order chi connectivity index (χ1) is 13.0. The standard InChI is InChI=1S/C17H19N5O4S/c18-27(25,14-6-19-22-7-11(8-23)26-16(14)22)21-17(24)20-15-12-3-1-9(12)5-10-2-4-13(10)15/h5-6,11,23H,1-4,7-8H2,(H3,18,20,21,24,25)/t11-,27?/m0/s1. The van der Waals surface area contributed by atoms with Crippen molar-refractivity contribution in [1.29, 1.82) is 0 Å². The fourth-order valence-corrected chi connectivity index (χ4v) is 4.81. The Morgan fingerprint density at radius 1 is 1.37 bits per heavy atom. The van der Waals surface area contributed by atoms with E-state index < -0.39 is 22.1 Å². The van der Waals surface area contributed by atoms with Crippen LogP contribution >= 0.6 is 0 Å². The fourth-order valence-electron chi connectivity index (χ4n) is 3.81. The molecule has 2 atom stereocenters. The largest absolute Gasteiger partial charge is 0.469 e. The monoisotopic (exact) mass is 389 g/mol. The number of nitrogens with two attached hydrogens (primary N) is 1. The van der Waals surface area contributed by atoms with E-state index in [4.69, 9.17) is 9.88 Å². The van der Waals surface area contributed by atoms with Crippen LogP contribution in [0.4, 0.5) is 10.5 Å². The van der Waals surface area contributed by atoms with Crippen molar-refractivity contribution in [2.45, 2.75) is 43.2 Å². The maximum Gasteiger partial charge on any atom is 0.354 e. The summed E-state index contributed by atoms with van der Waals surface area (Å²) in [5.74, 6) is 0.186. The molecule has 2 heterocycles. The van der Waals surface area contributed by atoms with Gasteiger partial charge >= 0.3 is 6.03 Å². The molecule has 0 spiro atoms. The molecule has 0 bridgehead atoms. The number of aliphatic hydroxyl groups is 1. The second-order valence-electron chi connectivity index (χ2n) is 7.04. The van der Waals surface area contributed by atoms with Crippen molar-refractivity contribution < 1.29 is 18.8 Å². The summed E-state index contributed by atoms with van der Waals surface area (Å²) < 4.78 is 23.6. The first-order valence-corrected chi connectivity index (χ1v) is 10.4. The van der Waals surface area contributed by atoms with Crippen LogP contribution in [0.5, 0.6) is 5.88 Å². The number of amides is 2. The van der Waals surface area contributed by atoms with Crippen LogP contribution in [0, 0.1) is 0 Å². The van der Waals surface area contributed by atoms with Crippen LogP contribution in [0.1, 0.15) is 22.3 Å². The molecule has 1 aromatic heterocycles. The molecular weight excluding hydrogens is 370 g/mol. The van der Waals surface area contributed by atoms with Gasteiger partial charge in [-0.25, -0.2) is 18.8 Å². The maximum absolute atomic E-state index is 12.9. The summed E-state index contributed by atoms with van der Waals surface area (Å²) in [4.78, 5) is 12.5. The van der Waals surface area contributed by atoms with Crippen molar-refractivity contribution in [1.82, 2.24) is 9.78 Å². The number of aromatic nitrogens is 2. The molecule has 2 aliphatic carbocycles. The molecule has 2 aromatic rings. The Morgan fingerprint density at radius 2 is 2.07 bits per heavy atom. The Labute approximate surface area is 155 Å². The molecule has 0 saturated carbocycles. The van der Waals surface area contributed by atoms with E-state index in [2.05, 4.69) is 20.8 Å². The summed E-state index contributed by atoms with van der Waals surface area (Å²) in [5, 5.41) is 21.9. The Bertz CT molecular complexity index is 1070. The highest BCUT2D eigenvalue weighted by Crippen LogP contribution is 2.40. The molecule has 4 N–H and O–H groups in total. The Kier molecular flexibility index (Phi) is 3.58. The molecule has 2 amide bonds. The van der Waals surface area contributed by atoms with Gasteiger partial charge in [0, 0.05) is 5.69 Å². The predicted molar refractivity (Wildman–Crippen MR) is 97.0 cm³/mol. The minimum Gasteiger partial charge on any atom is -0.469 e. The highest BCUT2D eigenvalue weighted by Gasteiger charge is 2.31. The van der Waals surface area contributed by atoms with Crippen LogP contribution < -0.4 is 15.2 Å². The number of aliphatic hydroxyl groups excluding tert-OH is 1. The zero-order chi connectivity index (χ0) is 18.8. The molecule has 1 aliphatic heterocycles. The molecule has 9 nitrogen and oxygen atoms in total. The SMILES string of the molecule is NS(=O)(=NC(=O)Nc1c2c(cc3c1CC3)CC2)c1cnn2c1O[C@H](CO)C2. The zero-order valence-corrected chi connectivity index (χ0v) is 15.3. The van der Waals surface area contributed by atoms with E-state index in [1.54, 1.807) is 0 Å². The van der Waals surface area contributed by atoms with Crippen molar-refractivity contribution in [2.75, 3.05) is 11.9 Å². The predicted octanol–water partition coefficient (Wildman–Crippen LogP) is 0.766. The average Bonchev–Trinajstić information content (AvgIpc) is 3.10. The molecule has 3 aliphatic rings. The molecule has 10 heteroatoms. The van der Waals surface area contributed by atoms with Gasteiger partial charge in [0.15, 0.2) is 9.92 Å². The number of fused-ring (bicyclic) bond motifs is 3. The number of carbonyl (C=O) groups is 1. The normalized spacial score (nSPS) is 20.9. The second kappa shape index (κ2) is 5.78. The zero-order valence-electron chi connectivity index (χ0n) is 14.5. The summed E-state index contributed by atoms with van der Waals surface area (Å²) in [6.07, 6.45) is 4.69. The Morgan fingerprint density at radius 3 is 2.67 bits per heavy atom. The summed E-state index contributed by atoms with van der Waals surface area (Å²) in [6, 6.07) is 1.47. The summed E-state index contributed by atoms with van der Waals surface area (Å²) in [6.45, 7) is 0.131. The van der Waals surface area contributed by atoms with Gasteiger partial charge in [0.1, 0.15) is 11.0 Å². The molecule has 142 valence electrons. The van der Waals surface area contributed by atoms with E-state index in [1.165, 1.54) is 22.0 Å². The average molecular weight is 389 g/mol. The topological polar surface area (TPSA) is 132 Å². The molecular formula is C17H19N5O4S. The van der Waals surface area contributed by atoms with Gasteiger partial charge in [-0.3, -0.25) is 0 Å². The van der Waals surface area contributed by atoms with Gasteiger partial charge in [0.2, 0.25) is 5.88 Å². The van der Waals surface area contributed by atoms with E-state index in [9.17, 15) is 14.1 Å². The molecule has 27 heavy (non-hydrogen) atoms. The van der Waals surface area contributed by atoms with Crippen molar-refractivity contribution in [2.24, 2.45) is 9.50 Å². The van der Waals surface area contributed by atoms with Crippen molar-refractivity contribution in [3.63, 3.8) is 0 Å². The minimum absolute atomic E-state index is 0.0580. The fraction of sp³-hybridized carbons (Fsp3) is 0.412. The van der Waals surface area contributed by atoms with Crippen LogP contribution in [0.3, 0.4) is 0 Å². The highest BCUT2D eigenvalue weighted by molar-refractivity contribution is 7.91. The summed E-state index contributed by atoms with van der Waals surface area (Å²) in [7, 11) is -3.53. The summed E-state index contributed by atoms with van der Waals surface area (Å²) >= 11 is 0. The van der Waals surface area contributed by atoms with E-state index in [1.807, 2.05) is 0 Å². The number of hydrogen-bond acceptors (Lipinski definition) is 5. The minimum atomic E-state index is -3.53. The number of carbonyl (C=O) groups excluding carboxylic acids is 1. The second-order valence-corrected chi connectivity index (χ2v) is 8.80. The molecule has 5 rings (SSSR count). The lowest BCUT2D eigenvalue weighted by molar-refractivity contribution is 0.130. The third-order valence-electron chi connectivity index (χ3n) is 5.40. The molecule has 0 fully saturated rings. The van der Waals surface area contributed by atoms with Crippen molar-refractivity contribution in [3.05, 3.63) is 34.5 Å². The lowest BCUT2D eigenvalue weighted by Crippen LogP contribution is -2.24. The van der Waals surface area contributed by atoms with Crippen LogP contribution in [-0.4, -0.2) is 37.8 Å². The lowest BCUT2D eigenvalue weighted by atomic mass is 9.76. The number of benzene rings is 1. The van der Waals surface area contributed by atoms with Gasteiger partial charge in [-0.05, 0) is 47.9 Å². The first-order valence-electron chi connectivity index (χ1n) is 8.82. The number of anilines is 1. The lowest BCUT2D eigenvalue weighted by Gasteiger charge is -2.31.